The number of imidazole rings is 1. The number of alkyl halides is 3. The van der Waals surface area contributed by atoms with Gasteiger partial charge in [-0.1, -0.05) is 24.3 Å². The number of anilines is 2. The lowest BCUT2D eigenvalue weighted by atomic mass is 10.0. The molecule has 1 saturated heterocycles. The Morgan fingerprint density at radius 3 is 2.35 bits per heavy atom. The van der Waals surface area contributed by atoms with Gasteiger partial charge in [0.2, 0.25) is 5.91 Å². The SMILES string of the molecule is Cc1cc(Nc2ccc(CN(C(=O)C=Cc3ccc(C(F)(F)F)cc3)C3CCN(Cc4nccn4C)CC3)cc2)ccn1. The number of nitrogens with zero attached hydrogens (tertiary/aromatic N) is 5. The number of hydrogen-bond acceptors (Lipinski definition) is 5. The van der Waals surface area contributed by atoms with Crippen LogP contribution in [0.3, 0.4) is 0 Å². The third-order valence-electron chi connectivity index (χ3n) is 7.72. The average molecular weight is 589 g/mol. The largest absolute Gasteiger partial charge is 0.416 e. The summed E-state index contributed by atoms with van der Waals surface area (Å²) in [5, 5.41) is 3.38. The standard InChI is InChI=1S/C33H35F3N6O/c1-24-21-29(13-16-37-24)39-28-10-5-26(6-11-28)22-42(30-14-18-41(19-15-30)23-31-38-17-20-40(31)2)32(43)12-7-25-3-8-27(9-4-25)33(34,35)36/h3-13,16-17,20-21,30H,14-15,18-19,22-23H2,1-2H3,(H,37,39). The Morgan fingerprint density at radius 1 is 1.00 bits per heavy atom. The lowest BCUT2D eigenvalue weighted by molar-refractivity contribution is -0.137. The summed E-state index contributed by atoms with van der Waals surface area (Å²) in [5.74, 6) is 0.832. The number of amides is 1. The van der Waals surface area contributed by atoms with Crippen molar-refractivity contribution in [2.24, 2.45) is 7.05 Å². The minimum atomic E-state index is -4.40. The zero-order valence-electron chi connectivity index (χ0n) is 24.3. The molecule has 3 heterocycles. The van der Waals surface area contributed by atoms with E-state index in [-0.39, 0.29) is 11.9 Å². The molecule has 5 rings (SSSR count). The smallest absolute Gasteiger partial charge is 0.355 e. The number of piperidine rings is 1. The highest BCUT2D eigenvalue weighted by Gasteiger charge is 2.30. The number of rotatable bonds is 9. The predicted molar refractivity (Wildman–Crippen MR) is 161 cm³/mol. The van der Waals surface area contributed by atoms with E-state index in [1.54, 1.807) is 18.5 Å². The second-order valence-electron chi connectivity index (χ2n) is 10.9. The molecule has 0 unspecified atom stereocenters. The molecule has 0 spiro atoms. The molecule has 0 atom stereocenters. The fourth-order valence-corrected chi connectivity index (χ4v) is 5.25. The summed E-state index contributed by atoms with van der Waals surface area (Å²) in [6.07, 6.45) is 5.75. The molecule has 1 N–H and O–H groups in total. The quantitative estimate of drug-likeness (QED) is 0.224. The number of carbonyl (C=O) groups excluding carboxylic acids is 1. The van der Waals surface area contributed by atoms with E-state index in [4.69, 9.17) is 0 Å². The van der Waals surface area contributed by atoms with Crippen LogP contribution in [0.1, 0.15) is 41.1 Å². The first-order valence-electron chi connectivity index (χ1n) is 14.3. The number of aromatic nitrogens is 3. The van der Waals surface area contributed by atoms with E-state index in [0.29, 0.717) is 12.1 Å². The number of pyridine rings is 1. The van der Waals surface area contributed by atoms with Crippen molar-refractivity contribution in [3.63, 3.8) is 0 Å². The van der Waals surface area contributed by atoms with Crippen LogP contribution in [-0.4, -0.2) is 49.4 Å². The van der Waals surface area contributed by atoms with Gasteiger partial charge in [0.05, 0.1) is 12.1 Å². The third kappa shape index (κ3) is 8.10. The molecule has 224 valence electrons. The summed E-state index contributed by atoms with van der Waals surface area (Å²) in [5.41, 5.74) is 3.61. The number of likely N-dealkylation sites (tertiary alicyclic amines) is 1. The Balaban J connectivity index is 1.29. The molecule has 2 aromatic carbocycles. The van der Waals surface area contributed by atoms with Crippen molar-refractivity contribution in [2.75, 3.05) is 18.4 Å². The zero-order chi connectivity index (χ0) is 30.4. The maximum Gasteiger partial charge on any atom is 0.416 e. The molecule has 1 aliphatic rings. The Bertz CT molecular complexity index is 1540. The van der Waals surface area contributed by atoms with Gasteiger partial charge in [-0.25, -0.2) is 4.98 Å². The summed E-state index contributed by atoms with van der Waals surface area (Å²) in [4.78, 5) is 26.5. The molecule has 0 saturated carbocycles. The van der Waals surface area contributed by atoms with Crippen LogP contribution in [0.25, 0.3) is 6.08 Å². The van der Waals surface area contributed by atoms with E-state index in [1.807, 2.05) is 66.0 Å². The van der Waals surface area contributed by atoms with E-state index >= 15 is 0 Å². The van der Waals surface area contributed by atoms with Crippen LogP contribution >= 0.6 is 0 Å². The number of benzene rings is 2. The van der Waals surface area contributed by atoms with Gasteiger partial charge in [0, 0.05) is 74.5 Å². The first kappa shape index (κ1) is 30.0. The van der Waals surface area contributed by atoms with E-state index in [1.165, 1.54) is 18.2 Å². The summed E-state index contributed by atoms with van der Waals surface area (Å²) < 4.78 is 40.9. The van der Waals surface area contributed by atoms with Crippen molar-refractivity contribution >= 4 is 23.4 Å². The summed E-state index contributed by atoms with van der Waals surface area (Å²) >= 11 is 0. The molecular weight excluding hydrogens is 553 g/mol. The van der Waals surface area contributed by atoms with Crippen molar-refractivity contribution in [3.05, 3.63) is 114 Å². The Morgan fingerprint density at radius 2 is 1.72 bits per heavy atom. The Kier molecular flexibility index (Phi) is 9.25. The fraction of sp³-hybridized carbons (Fsp3) is 0.303. The van der Waals surface area contributed by atoms with Crippen molar-refractivity contribution < 1.29 is 18.0 Å². The van der Waals surface area contributed by atoms with Crippen LogP contribution in [0.2, 0.25) is 0 Å². The normalized spacial score (nSPS) is 14.7. The predicted octanol–water partition coefficient (Wildman–Crippen LogP) is 6.59. The summed E-state index contributed by atoms with van der Waals surface area (Å²) in [7, 11) is 1.98. The van der Waals surface area contributed by atoms with E-state index in [0.717, 1.165) is 73.1 Å². The van der Waals surface area contributed by atoms with Crippen LogP contribution in [0.4, 0.5) is 24.5 Å². The van der Waals surface area contributed by atoms with Crippen molar-refractivity contribution in [2.45, 2.75) is 45.1 Å². The molecule has 1 aliphatic heterocycles. The van der Waals surface area contributed by atoms with Crippen LogP contribution in [0.5, 0.6) is 0 Å². The van der Waals surface area contributed by atoms with Gasteiger partial charge in [0.15, 0.2) is 0 Å². The van der Waals surface area contributed by atoms with Gasteiger partial charge in [-0.05, 0) is 73.4 Å². The summed E-state index contributed by atoms with van der Waals surface area (Å²) in [6, 6.07) is 16.7. The Labute approximate surface area is 249 Å². The zero-order valence-corrected chi connectivity index (χ0v) is 24.3. The van der Waals surface area contributed by atoms with Crippen molar-refractivity contribution in [3.8, 4) is 0 Å². The monoisotopic (exact) mass is 588 g/mol. The second kappa shape index (κ2) is 13.2. The molecule has 0 radical (unpaired) electrons. The highest BCUT2D eigenvalue weighted by Crippen LogP contribution is 2.29. The fourth-order valence-electron chi connectivity index (χ4n) is 5.25. The van der Waals surface area contributed by atoms with Gasteiger partial charge in [-0.3, -0.25) is 14.7 Å². The van der Waals surface area contributed by atoms with Gasteiger partial charge in [0.1, 0.15) is 5.82 Å². The molecule has 1 fully saturated rings. The van der Waals surface area contributed by atoms with Gasteiger partial charge >= 0.3 is 6.18 Å². The molecule has 10 heteroatoms. The van der Waals surface area contributed by atoms with E-state index in [2.05, 4.69) is 20.2 Å². The highest BCUT2D eigenvalue weighted by atomic mass is 19.4. The number of carbonyl (C=O) groups is 1. The topological polar surface area (TPSA) is 66.3 Å². The highest BCUT2D eigenvalue weighted by molar-refractivity contribution is 5.92. The Hall–Kier alpha value is -4.44. The molecule has 1 amide bonds. The molecular formula is C33H35F3N6O. The van der Waals surface area contributed by atoms with E-state index in [9.17, 15) is 18.0 Å². The summed E-state index contributed by atoms with van der Waals surface area (Å²) in [6.45, 7) is 4.78. The van der Waals surface area contributed by atoms with Gasteiger partial charge in [0.25, 0.3) is 0 Å². The van der Waals surface area contributed by atoms with Crippen molar-refractivity contribution in [1.29, 1.82) is 0 Å². The number of hydrogen-bond donors (Lipinski definition) is 1. The molecule has 7 nitrogen and oxygen atoms in total. The van der Waals surface area contributed by atoms with Crippen LogP contribution in [-0.2, 0) is 31.1 Å². The lowest BCUT2D eigenvalue weighted by Crippen LogP contribution is -2.46. The van der Waals surface area contributed by atoms with Crippen LogP contribution < -0.4 is 5.32 Å². The van der Waals surface area contributed by atoms with Gasteiger partial charge < -0.3 is 14.8 Å². The average Bonchev–Trinajstić information content (AvgIpc) is 3.39. The van der Waals surface area contributed by atoms with Crippen molar-refractivity contribution in [1.82, 2.24) is 24.3 Å². The van der Waals surface area contributed by atoms with Gasteiger partial charge in [-0.15, -0.1) is 0 Å². The first-order valence-corrected chi connectivity index (χ1v) is 14.3. The minimum Gasteiger partial charge on any atom is -0.355 e. The number of nitrogens with one attached hydrogen (secondary N) is 1. The molecule has 2 aromatic heterocycles. The third-order valence-corrected chi connectivity index (χ3v) is 7.72. The molecule has 43 heavy (non-hydrogen) atoms. The lowest BCUT2D eigenvalue weighted by Gasteiger charge is -2.38. The molecule has 4 aromatic rings. The maximum atomic E-state index is 13.6. The molecule has 0 bridgehead atoms. The van der Waals surface area contributed by atoms with Crippen LogP contribution in [0.15, 0.2) is 85.3 Å². The van der Waals surface area contributed by atoms with Gasteiger partial charge in [-0.2, -0.15) is 13.2 Å². The second-order valence-corrected chi connectivity index (χ2v) is 10.9. The molecule has 0 aliphatic carbocycles. The van der Waals surface area contributed by atoms with E-state index < -0.39 is 11.7 Å². The number of halogens is 3. The minimum absolute atomic E-state index is 0.0278. The van der Waals surface area contributed by atoms with Crippen LogP contribution in [0, 0.1) is 6.92 Å². The number of aryl methyl sites for hydroxylation is 2. The maximum absolute atomic E-state index is 13.6. The first-order chi connectivity index (χ1) is 20.6.